The summed E-state index contributed by atoms with van der Waals surface area (Å²) in [6.07, 6.45) is 3.32. The first-order chi connectivity index (χ1) is 11.2. The monoisotopic (exact) mass is 391 g/mol. The van der Waals surface area contributed by atoms with Crippen molar-refractivity contribution in [2.45, 2.75) is 45.5 Å². The van der Waals surface area contributed by atoms with Crippen molar-refractivity contribution in [3.05, 3.63) is 12.2 Å². The SMILES string of the molecule is C=C(C)C(=O)OCCC[N+](C)(CCC)CCC.O=S(=O)([O-])C(F)(F)F. The van der Waals surface area contributed by atoms with Crippen LogP contribution >= 0.6 is 0 Å². The molecular formula is C15H28F3NO5S. The number of esters is 1. The van der Waals surface area contributed by atoms with Crippen LogP contribution in [0, 0.1) is 0 Å². The number of quaternary nitrogens is 1. The van der Waals surface area contributed by atoms with Crippen LogP contribution in [0.4, 0.5) is 13.2 Å². The van der Waals surface area contributed by atoms with E-state index in [1.807, 2.05) is 0 Å². The Labute approximate surface area is 148 Å². The molecular weight excluding hydrogens is 363 g/mol. The largest absolute Gasteiger partial charge is 0.741 e. The normalized spacial score (nSPS) is 12.2. The number of carbonyl (C=O) groups is 1. The van der Waals surface area contributed by atoms with Crippen LogP contribution in [0.2, 0.25) is 0 Å². The van der Waals surface area contributed by atoms with E-state index in [4.69, 9.17) is 17.7 Å². The number of ether oxygens (including phenoxy) is 1. The average molecular weight is 391 g/mol. The molecule has 0 aliphatic rings. The Hall–Kier alpha value is -1.13. The number of alkyl halides is 3. The van der Waals surface area contributed by atoms with Crippen LogP contribution in [0.15, 0.2) is 12.2 Å². The minimum Gasteiger partial charge on any atom is -0.741 e. The molecule has 0 unspecified atom stereocenters. The molecule has 0 fully saturated rings. The lowest BCUT2D eigenvalue weighted by molar-refractivity contribution is -0.909. The van der Waals surface area contributed by atoms with Crippen LogP contribution in [-0.4, -0.2) is 62.2 Å². The van der Waals surface area contributed by atoms with Gasteiger partial charge in [-0.1, -0.05) is 20.4 Å². The van der Waals surface area contributed by atoms with E-state index in [1.54, 1.807) is 6.92 Å². The first kappa shape index (κ1) is 26.1. The summed E-state index contributed by atoms with van der Waals surface area (Å²) in [4.78, 5) is 11.2. The number of halogens is 3. The molecule has 10 heteroatoms. The van der Waals surface area contributed by atoms with E-state index in [0.717, 1.165) is 17.4 Å². The summed E-state index contributed by atoms with van der Waals surface area (Å²) in [6.45, 7) is 13.6. The van der Waals surface area contributed by atoms with Gasteiger partial charge in [0.15, 0.2) is 10.1 Å². The maximum atomic E-state index is 11.2. The predicted molar refractivity (Wildman–Crippen MR) is 87.5 cm³/mol. The standard InChI is InChI=1S/C14H28NO2.CHF3O3S/c1-6-9-15(5,10-7-2)11-8-12-17-14(16)13(3)4;2-1(3,4)8(5,6)7/h3,6-12H2,1-2,4-5H3;(H,5,6,7)/q+1;/p-1. The second-order valence-electron chi connectivity index (χ2n) is 5.96. The molecule has 0 saturated carbocycles. The van der Waals surface area contributed by atoms with E-state index in [0.29, 0.717) is 12.2 Å². The van der Waals surface area contributed by atoms with E-state index in [1.165, 1.54) is 25.9 Å². The smallest absolute Gasteiger partial charge is 0.485 e. The number of carbonyl (C=O) groups excluding carboxylic acids is 1. The molecule has 0 aromatic heterocycles. The van der Waals surface area contributed by atoms with E-state index >= 15 is 0 Å². The van der Waals surface area contributed by atoms with Crippen LogP contribution in [0.3, 0.4) is 0 Å². The molecule has 150 valence electrons. The van der Waals surface area contributed by atoms with Crippen molar-refractivity contribution in [2.24, 2.45) is 0 Å². The Morgan fingerprint density at radius 2 is 1.56 bits per heavy atom. The molecule has 0 amide bonds. The van der Waals surface area contributed by atoms with Crippen molar-refractivity contribution in [2.75, 3.05) is 33.3 Å². The highest BCUT2D eigenvalue weighted by molar-refractivity contribution is 7.86. The Morgan fingerprint density at radius 3 is 1.84 bits per heavy atom. The van der Waals surface area contributed by atoms with Crippen LogP contribution in [0.1, 0.15) is 40.0 Å². The minimum atomic E-state index is -6.09. The first-order valence-electron chi connectivity index (χ1n) is 7.88. The van der Waals surface area contributed by atoms with Crippen molar-refractivity contribution in [1.82, 2.24) is 0 Å². The van der Waals surface area contributed by atoms with Gasteiger partial charge in [-0.3, -0.25) is 0 Å². The van der Waals surface area contributed by atoms with E-state index in [9.17, 15) is 18.0 Å². The van der Waals surface area contributed by atoms with E-state index in [2.05, 4.69) is 27.5 Å². The zero-order chi connectivity index (χ0) is 20.3. The quantitative estimate of drug-likeness (QED) is 0.151. The zero-order valence-electron chi connectivity index (χ0n) is 15.2. The van der Waals surface area contributed by atoms with Crippen molar-refractivity contribution >= 4 is 16.1 Å². The third-order valence-electron chi connectivity index (χ3n) is 3.23. The maximum Gasteiger partial charge on any atom is 0.485 e. The summed E-state index contributed by atoms with van der Waals surface area (Å²) < 4.78 is 65.1. The van der Waals surface area contributed by atoms with Gasteiger partial charge in [0.1, 0.15) is 0 Å². The molecule has 0 heterocycles. The van der Waals surface area contributed by atoms with Gasteiger partial charge in [0, 0.05) is 12.0 Å². The van der Waals surface area contributed by atoms with Crippen LogP contribution in [0.5, 0.6) is 0 Å². The highest BCUT2D eigenvalue weighted by Gasteiger charge is 2.36. The zero-order valence-corrected chi connectivity index (χ0v) is 16.0. The minimum absolute atomic E-state index is 0.273. The molecule has 0 rings (SSSR count). The molecule has 0 atom stereocenters. The summed E-state index contributed by atoms with van der Waals surface area (Å²) in [5.41, 5.74) is -5.17. The number of rotatable bonds is 9. The topological polar surface area (TPSA) is 83.5 Å². The summed E-state index contributed by atoms with van der Waals surface area (Å²) in [6, 6.07) is 0. The second kappa shape index (κ2) is 11.5. The van der Waals surface area contributed by atoms with Crippen LogP contribution in [0.25, 0.3) is 0 Å². The fraction of sp³-hybridized carbons (Fsp3) is 0.800. The molecule has 25 heavy (non-hydrogen) atoms. The second-order valence-corrected chi connectivity index (χ2v) is 7.33. The summed E-state index contributed by atoms with van der Waals surface area (Å²) >= 11 is 0. The van der Waals surface area contributed by atoms with Gasteiger partial charge in [0.2, 0.25) is 0 Å². The summed E-state index contributed by atoms with van der Waals surface area (Å²) in [5, 5.41) is 0. The summed E-state index contributed by atoms with van der Waals surface area (Å²) in [5.74, 6) is -0.273. The van der Waals surface area contributed by atoms with E-state index in [-0.39, 0.29) is 5.97 Å². The first-order valence-corrected chi connectivity index (χ1v) is 9.29. The number of hydrogen-bond donors (Lipinski definition) is 0. The third-order valence-corrected chi connectivity index (χ3v) is 3.80. The molecule has 0 aliphatic carbocycles. The lowest BCUT2D eigenvalue weighted by Crippen LogP contribution is -2.46. The van der Waals surface area contributed by atoms with Gasteiger partial charge in [0.05, 0.1) is 33.3 Å². The fourth-order valence-electron chi connectivity index (χ4n) is 2.15. The summed E-state index contributed by atoms with van der Waals surface area (Å²) in [7, 11) is -3.80. The highest BCUT2D eigenvalue weighted by Crippen LogP contribution is 2.20. The van der Waals surface area contributed by atoms with E-state index < -0.39 is 15.6 Å². The molecule has 0 N–H and O–H groups in total. The third kappa shape index (κ3) is 12.8. The highest BCUT2D eigenvalue weighted by atomic mass is 32.2. The van der Waals surface area contributed by atoms with Crippen molar-refractivity contribution in [1.29, 1.82) is 0 Å². The van der Waals surface area contributed by atoms with Crippen molar-refractivity contribution < 1.29 is 40.2 Å². The van der Waals surface area contributed by atoms with Crippen molar-refractivity contribution in [3.8, 4) is 0 Å². The molecule has 0 bridgehead atoms. The van der Waals surface area contributed by atoms with Gasteiger partial charge in [-0.15, -0.1) is 0 Å². The van der Waals surface area contributed by atoms with Gasteiger partial charge < -0.3 is 13.8 Å². The molecule has 0 saturated heterocycles. The lowest BCUT2D eigenvalue weighted by atomic mass is 10.2. The molecule has 0 aromatic rings. The maximum absolute atomic E-state index is 11.2. The number of hydrogen-bond acceptors (Lipinski definition) is 5. The Balaban J connectivity index is 0. The molecule has 0 radical (unpaired) electrons. The molecule has 0 spiro atoms. The van der Waals surface area contributed by atoms with Gasteiger partial charge in [-0.2, -0.15) is 13.2 Å². The lowest BCUT2D eigenvalue weighted by Gasteiger charge is -2.34. The Kier molecular flexibility index (Phi) is 12.0. The van der Waals surface area contributed by atoms with Gasteiger partial charge in [-0.05, 0) is 19.8 Å². The fourth-order valence-corrected chi connectivity index (χ4v) is 2.15. The van der Waals surface area contributed by atoms with Crippen LogP contribution in [-0.2, 0) is 19.6 Å². The van der Waals surface area contributed by atoms with Crippen molar-refractivity contribution in [3.63, 3.8) is 0 Å². The Morgan fingerprint density at radius 1 is 1.16 bits per heavy atom. The average Bonchev–Trinajstić information content (AvgIpc) is 2.42. The predicted octanol–water partition coefficient (Wildman–Crippen LogP) is 2.81. The van der Waals surface area contributed by atoms with Crippen LogP contribution < -0.4 is 0 Å². The van der Waals surface area contributed by atoms with Gasteiger partial charge in [-0.25, -0.2) is 13.2 Å². The molecule has 0 aromatic carbocycles. The van der Waals surface area contributed by atoms with Gasteiger partial charge >= 0.3 is 11.5 Å². The molecule has 0 aliphatic heterocycles. The Bertz CT molecular complexity index is 512. The molecule has 6 nitrogen and oxygen atoms in total. The van der Waals surface area contributed by atoms with Gasteiger partial charge in [0.25, 0.3) is 0 Å². The number of nitrogens with zero attached hydrogens (tertiary/aromatic N) is 1.